The zero-order chi connectivity index (χ0) is 9.84. The second kappa shape index (κ2) is 4.13. The molecule has 1 N–H and O–H groups in total. The number of nitrogens with one attached hydrogen (secondary N) is 1. The van der Waals surface area contributed by atoms with Crippen LogP contribution in [0.3, 0.4) is 0 Å². The number of aromatic nitrogens is 1. The molecule has 0 amide bonds. The molecule has 0 aliphatic rings. The molecule has 1 nitrogen and oxygen atoms in total. The van der Waals surface area contributed by atoms with E-state index in [4.69, 9.17) is 0 Å². The third kappa shape index (κ3) is 1.92. The molecule has 1 heterocycles. The van der Waals surface area contributed by atoms with Crippen molar-refractivity contribution in [2.24, 2.45) is 0 Å². The molecule has 13 heavy (non-hydrogen) atoms. The summed E-state index contributed by atoms with van der Waals surface area (Å²) in [4.78, 5) is 3.19. The molecule has 0 unspecified atom stereocenters. The van der Waals surface area contributed by atoms with Crippen LogP contribution in [0, 0.1) is 13.8 Å². The summed E-state index contributed by atoms with van der Waals surface area (Å²) in [6, 6.07) is 6.49. The number of aryl methyl sites for hydroxylation is 2. The van der Waals surface area contributed by atoms with Gasteiger partial charge in [-0.15, -0.1) is 0 Å². The van der Waals surface area contributed by atoms with Crippen molar-refractivity contribution in [1.82, 2.24) is 4.98 Å². The molecule has 0 atom stereocenters. The highest BCUT2D eigenvalue weighted by molar-refractivity contribution is 5.80. The summed E-state index contributed by atoms with van der Waals surface area (Å²) in [5.74, 6) is 0. The van der Waals surface area contributed by atoms with Gasteiger partial charge in [0.15, 0.2) is 0 Å². The fraction of sp³-hybridized carbons (Fsp3) is 0.333. The van der Waals surface area contributed by atoms with Gasteiger partial charge >= 0.3 is 0 Å². The summed E-state index contributed by atoms with van der Waals surface area (Å²) in [6.07, 6.45) is 1.98. The monoisotopic (exact) mass is 175 g/mol. The Morgan fingerprint density at radius 3 is 2.31 bits per heavy atom. The predicted octanol–water partition coefficient (Wildman–Crippen LogP) is 3.81. The van der Waals surface area contributed by atoms with Gasteiger partial charge in [-0.25, -0.2) is 0 Å². The van der Waals surface area contributed by atoms with Gasteiger partial charge in [0.25, 0.3) is 0 Å². The molecule has 0 fully saturated rings. The molecular weight excluding hydrogens is 158 g/mol. The van der Waals surface area contributed by atoms with Crippen LogP contribution in [0.2, 0.25) is 0 Å². The summed E-state index contributed by atoms with van der Waals surface area (Å²) in [6.45, 7) is 8.28. The van der Waals surface area contributed by atoms with Gasteiger partial charge in [-0.05, 0) is 48.6 Å². The van der Waals surface area contributed by atoms with E-state index >= 15 is 0 Å². The quantitative estimate of drug-likeness (QED) is 0.626. The normalized spacial score (nSPS) is 9.54. The highest BCUT2D eigenvalue weighted by atomic mass is 14.7. The second-order valence-electron chi connectivity index (χ2n) is 3.00. The minimum Gasteiger partial charge on any atom is -0.361 e. The Morgan fingerprint density at radius 1 is 1.00 bits per heavy atom. The molecule has 0 saturated heterocycles. The van der Waals surface area contributed by atoms with Crippen molar-refractivity contribution < 1.29 is 0 Å². The number of fused-ring (bicyclic) bond motifs is 1. The van der Waals surface area contributed by atoms with Crippen molar-refractivity contribution in [3.8, 4) is 0 Å². The van der Waals surface area contributed by atoms with Gasteiger partial charge in [-0.3, -0.25) is 0 Å². The van der Waals surface area contributed by atoms with Crippen molar-refractivity contribution in [2.75, 3.05) is 0 Å². The maximum Gasteiger partial charge on any atom is 0.0456 e. The van der Waals surface area contributed by atoms with E-state index in [-0.39, 0.29) is 0 Å². The van der Waals surface area contributed by atoms with Gasteiger partial charge < -0.3 is 4.98 Å². The van der Waals surface area contributed by atoms with Crippen LogP contribution in [0.5, 0.6) is 0 Å². The molecule has 0 spiro atoms. The molecule has 0 radical (unpaired) electrons. The van der Waals surface area contributed by atoms with Crippen molar-refractivity contribution in [3.05, 3.63) is 35.5 Å². The van der Waals surface area contributed by atoms with Crippen molar-refractivity contribution in [1.29, 1.82) is 0 Å². The summed E-state index contributed by atoms with van der Waals surface area (Å²) in [5.41, 5.74) is 3.94. The van der Waals surface area contributed by atoms with Gasteiger partial charge in [-0.1, -0.05) is 13.8 Å². The molecule has 0 saturated carbocycles. The van der Waals surface area contributed by atoms with E-state index < -0.39 is 0 Å². The SMILES string of the molecule is CC.Cc1cc2cc[nH]c2cc1C. The zero-order valence-electron chi connectivity index (χ0n) is 8.81. The fourth-order valence-electron chi connectivity index (χ4n) is 1.32. The molecule has 2 aromatic rings. The van der Waals surface area contributed by atoms with Crippen LogP contribution in [-0.2, 0) is 0 Å². The van der Waals surface area contributed by atoms with Crippen molar-refractivity contribution in [2.45, 2.75) is 27.7 Å². The molecule has 0 bridgehead atoms. The lowest BCUT2D eigenvalue weighted by atomic mass is 10.1. The summed E-state index contributed by atoms with van der Waals surface area (Å²) < 4.78 is 0. The van der Waals surface area contributed by atoms with E-state index in [1.165, 1.54) is 22.0 Å². The van der Waals surface area contributed by atoms with E-state index in [0.29, 0.717) is 0 Å². The van der Waals surface area contributed by atoms with Gasteiger partial charge in [-0.2, -0.15) is 0 Å². The maximum atomic E-state index is 3.19. The molecule has 1 aromatic heterocycles. The summed E-state index contributed by atoms with van der Waals surface area (Å²) in [5, 5.41) is 1.30. The van der Waals surface area contributed by atoms with E-state index in [2.05, 4.69) is 37.0 Å². The van der Waals surface area contributed by atoms with Gasteiger partial charge in [0.2, 0.25) is 0 Å². The van der Waals surface area contributed by atoms with E-state index in [1.807, 2.05) is 20.0 Å². The number of rotatable bonds is 0. The molecular formula is C12H17N. The molecule has 0 aliphatic carbocycles. The Kier molecular flexibility index (Phi) is 3.13. The number of benzene rings is 1. The minimum atomic E-state index is 1.23. The number of hydrogen-bond donors (Lipinski definition) is 1. The Morgan fingerprint density at radius 2 is 1.62 bits per heavy atom. The predicted molar refractivity (Wildman–Crippen MR) is 59.1 cm³/mol. The molecule has 0 aliphatic heterocycles. The Hall–Kier alpha value is -1.24. The first-order valence-electron chi connectivity index (χ1n) is 4.82. The highest BCUT2D eigenvalue weighted by Gasteiger charge is 1.96. The highest BCUT2D eigenvalue weighted by Crippen LogP contribution is 2.17. The van der Waals surface area contributed by atoms with Crippen molar-refractivity contribution in [3.63, 3.8) is 0 Å². The lowest BCUT2D eigenvalue weighted by Crippen LogP contribution is -1.79. The van der Waals surface area contributed by atoms with E-state index in [9.17, 15) is 0 Å². The Bertz CT molecular complexity index is 349. The number of hydrogen-bond acceptors (Lipinski definition) is 0. The van der Waals surface area contributed by atoms with Gasteiger partial charge in [0.05, 0.1) is 0 Å². The van der Waals surface area contributed by atoms with Gasteiger partial charge in [0.1, 0.15) is 0 Å². The lowest BCUT2D eigenvalue weighted by molar-refractivity contribution is 1.35. The average Bonchev–Trinajstić information content (AvgIpc) is 2.56. The first kappa shape index (κ1) is 9.85. The van der Waals surface area contributed by atoms with Crippen LogP contribution in [-0.4, -0.2) is 4.98 Å². The average molecular weight is 175 g/mol. The topological polar surface area (TPSA) is 15.8 Å². The second-order valence-corrected chi connectivity index (χ2v) is 3.00. The first-order chi connectivity index (χ1) is 6.27. The van der Waals surface area contributed by atoms with Gasteiger partial charge in [0, 0.05) is 11.7 Å². The number of H-pyrrole nitrogens is 1. The Labute approximate surface area is 79.8 Å². The summed E-state index contributed by atoms with van der Waals surface area (Å²) in [7, 11) is 0. The first-order valence-corrected chi connectivity index (χ1v) is 4.82. The van der Waals surface area contributed by atoms with Crippen LogP contribution in [0.4, 0.5) is 0 Å². The standard InChI is InChI=1S/C10H11N.C2H6/c1-7-5-9-3-4-11-10(9)6-8(7)2;1-2/h3-6,11H,1-2H3;1-2H3. The summed E-state index contributed by atoms with van der Waals surface area (Å²) >= 11 is 0. The van der Waals surface area contributed by atoms with Crippen LogP contribution >= 0.6 is 0 Å². The fourth-order valence-corrected chi connectivity index (χ4v) is 1.32. The largest absolute Gasteiger partial charge is 0.361 e. The van der Waals surface area contributed by atoms with E-state index in [1.54, 1.807) is 0 Å². The minimum absolute atomic E-state index is 1.23. The van der Waals surface area contributed by atoms with Crippen LogP contribution in [0.25, 0.3) is 10.9 Å². The lowest BCUT2D eigenvalue weighted by Gasteiger charge is -1.98. The van der Waals surface area contributed by atoms with E-state index in [0.717, 1.165) is 0 Å². The van der Waals surface area contributed by atoms with Crippen LogP contribution < -0.4 is 0 Å². The number of aromatic amines is 1. The van der Waals surface area contributed by atoms with Crippen LogP contribution in [0.15, 0.2) is 24.4 Å². The third-order valence-electron chi connectivity index (χ3n) is 2.17. The van der Waals surface area contributed by atoms with Crippen molar-refractivity contribution >= 4 is 10.9 Å². The van der Waals surface area contributed by atoms with Crippen LogP contribution in [0.1, 0.15) is 25.0 Å². The molecule has 1 heteroatoms. The molecule has 70 valence electrons. The molecule has 1 aromatic carbocycles. The third-order valence-corrected chi connectivity index (χ3v) is 2.17. The Balaban J connectivity index is 0.000000396. The molecule has 2 rings (SSSR count). The smallest absolute Gasteiger partial charge is 0.0456 e. The zero-order valence-corrected chi connectivity index (χ0v) is 8.81. The maximum absolute atomic E-state index is 3.19.